The molecule has 1 aromatic carbocycles. The molecule has 3 aromatic rings. The Morgan fingerprint density at radius 1 is 1.10 bits per heavy atom. The van der Waals surface area contributed by atoms with Crippen molar-refractivity contribution in [2.45, 2.75) is 43.9 Å². The van der Waals surface area contributed by atoms with Crippen LogP contribution in [0.15, 0.2) is 47.7 Å². The smallest absolute Gasteiger partial charge is 0.165 e. The van der Waals surface area contributed by atoms with Gasteiger partial charge in [0.05, 0.1) is 10.8 Å². The molecule has 1 aliphatic heterocycles. The fourth-order valence-corrected chi connectivity index (χ4v) is 4.54. The first kappa shape index (κ1) is 18.4. The van der Waals surface area contributed by atoms with E-state index in [1.165, 1.54) is 12.0 Å². The second kappa shape index (κ2) is 6.43. The van der Waals surface area contributed by atoms with Gasteiger partial charge in [-0.2, -0.15) is 0 Å². The van der Waals surface area contributed by atoms with Crippen LogP contribution >= 0.6 is 11.6 Å². The van der Waals surface area contributed by atoms with E-state index in [0.717, 1.165) is 40.7 Å². The molecule has 2 aliphatic rings. The first-order valence-corrected chi connectivity index (χ1v) is 10.2. The Hall–Kier alpha value is -2.64. The highest BCUT2D eigenvalue weighted by molar-refractivity contribution is 6.30. The van der Waals surface area contributed by atoms with Gasteiger partial charge in [0, 0.05) is 23.8 Å². The molecule has 1 fully saturated rings. The van der Waals surface area contributed by atoms with Crippen molar-refractivity contribution in [3.05, 3.63) is 64.6 Å². The van der Waals surface area contributed by atoms with E-state index in [1.54, 1.807) is 5.12 Å². The number of aromatic nitrogens is 3. The summed E-state index contributed by atoms with van der Waals surface area (Å²) >= 11 is 6.13. The van der Waals surface area contributed by atoms with Crippen LogP contribution in [0.1, 0.15) is 50.1 Å². The lowest BCUT2D eigenvalue weighted by Gasteiger charge is -2.41. The molecule has 2 N–H and O–H groups in total. The summed E-state index contributed by atoms with van der Waals surface area (Å²) in [6.45, 7) is 4.28. The van der Waals surface area contributed by atoms with Gasteiger partial charge in [-0.25, -0.2) is 5.53 Å². The summed E-state index contributed by atoms with van der Waals surface area (Å²) in [6.07, 6.45) is 5.37. The number of hydrogen-bond acceptors (Lipinski definition) is 6. The van der Waals surface area contributed by atoms with E-state index in [0.29, 0.717) is 0 Å². The van der Waals surface area contributed by atoms with E-state index < -0.39 is 0 Å². The van der Waals surface area contributed by atoms with E-state index >= 15 is 0 Å². The lowest BCUT2D eigenvalue weighted by atomic mass is 9.64. The standard InChI is InChI=1S/C21H24ClN7/c1-20(2,18-24-27-28(3)26-18)16-6-4-13-29-17(16)23-25-19(29)21(11-5-12-21)14-7-9-15(22)10-8-14/h4,6-10,13,27H,5,11-12H2,1-3H3,(H,24,26). The maximum Gasteiger partial charge on any atom is 0.165 e. The van der Waals surface area contributed by atoms with Crippen LogP contribution in [-0.2, 0) is 10.8 Å². The van der Waals surface area contributed by atoms with Crippen molar-refractivity contribution >= 4 is 23.1 Å². The molecule has 0 saturated heterocycles. The molecule has 29 heavy (non-hydrogen) atoms. The molecule has 150 valence electrons. The summed E-state index contributed by atoms with van der Waals surface area (Å²) in [4.78, 5) is 0. The summed E-state index contributed by atoms with van der Waals surface area (Å²) in [6, 6.07) is 12.3. The molecule has 3 heterocycles. The zero-order chi connectivity index (χ0) is 20.2. The van der Waals surface area contributed by atoms with E-state index in [2.05, 4.69) is 69.9 Å². The van der Waals surface area contributed by atoms with Crippen LogP contribution < -0.4 is 11.0 Å². The maximum absolute atomic E-state index is 6.13. The first-order chi connectivity index (χ1) is 13.9. The number of nitrogens with one attached hydrogen (secondary N) is 2. The predicted molar refractivity (Wildman–Crippen MR) is 114 cm³/mol. The summed E-state index contributed by atoms with van der Waals surface area (Å²) in [7, 11) is 1.88. The van der Waals surface area contributed by atoms with Crippen LogP contribution in [0.3, 0.4) is 0 Å². The minimum atomic E-state index is -0.363. The molecule has 0 radical (unpaired) electrons. The molecule has 0 unspecified atom stereocenters. The highest BCUT2D eigenvalue weighted by Gasteiger charge is 2.45. The van der Waals surface area contributed by atoms with Crippen LogP contribution in [0.2, 0.25) is 5.02 Å². The molecule has 7 nitrogen and oxygen atoms in total. The number of halogens is 1. The van der Waals surface area contributed by atoms with Crippen LogP contribution in [0, 0.1) is 0 Å². The largest absolute Gasteiger partial charge is 0.286 e. The lowest BCUT2D eigenvalue weighted by Crippen LogP contribution is -2.44. The second-order valence-electron chi connectivity index (χ2n) is 8.44. The average Bonchev–Trinajstić information content (AvgIpc) is 3.29. The minimum Gasteiger partial charge on any atom is -0.286 e. The highest BCUT2D eigenvalue weighted by Crippen LogP contribution is 2.48. The molecule has 8 heteroatoms. The van der Waals surface area contributed by atoms with Gasteiger partial charge in [-0.1, -0.05) is 36.2 Å². The van der Waals surface area contributed by atoms with Crippen LogP contribution in [0.5, 0.6) is 0 Å². The molecular formula is C21H24ClN7. The Bertz CT molecular complexity index is 1100. The van der Waals surface area contributed by atoms with Crippen molar-refractivity contribution in [3.8, 4) is 0 Å². The molecular weight excluding hydrogens is 386 g/mol. The van der Waals surface area contributed by atoms with Gasteiger partial charge < -0.3 is 0 Å². The van der Waals surface area contributed by atoms with Gasteiger partial charge in [-0.3, -0.25) is 9.83 Å². The van der Waals surface area contributed by atoms with Gasteiger partial charge in [0.25, 0.3) is 0 Å². The lowest BCUT2D eigenvalue weighted by molar-refractivity contribution is 0.229. The summed E-state index contributed by atoms with van der Waals surface area (Å²) in [5.41, 5.74) is 8.89. The topological polar surface area (TPSA) is 69.8 Å². The summed E-state index contributed by atoms with van der Waals surface area (Å²) in [5, 5.41) is 16.2. The van der Waals surface area contributed by atoms with Crippen LogP contribution in [0.4, 0.5) is 0 Å². The Labute approximate surface area is 174 Å². The van der Waals surface area contributed by atoms with Crippen LogP contribution in [-0.4, -0.2) is 32.6 Å². The third kappa shape index (κ3) is 2.72. The second-order valence-corrected chi connectivity index (χ2v) is 8.87. The predicted octanol–water partition coefficient (Wildman–Crippen LogP) is 3.40. The van der Waals surface area contributed by atoms with E-state index in [1.807, 2.05) is 19.2 Å². The summed E-state index contributed by atoms with van der Waals surface area (Å²) < 4.78 is 2.15. The van der Waals surface area contributed by atoms with Gasteiger partial charge in [0.2, 0.25) is 0 Å². The monoisotopic (exact) mass is 409 g/mol. The van der Waals surface area contributed by atoms with Gasteiger partial charge in [-0.05, 0) is 50.5 Å². The quantitative estimate of drug-likeness (QED) is 0.691. The van der Waals surface area contributed by atoms with E-state index in [9.17, 15) is 0 Å². The Morgan fingerprint density at radius 3 is 2.48 bits per heavy atom. The average molecular weight is 410 g/mol. The zero-order valence-electron chi connectivity index (χ0n) is 16.8. The number of fused-ring (bicyclic) bond motifs is 1. The molecule has 1 aliphatic carbocycles. The number of pyridine rings is 1. The fraction of sp³-hybridized carbons (Fsp3) is 0.381. The number of benzene rings is 1. The fourth-order valence-electron chi connectivity index (χ4n) is 4.41. The van der Waals surface area contributed by atoms with Gasteiger partial charge in [-0.15, -0.1) is 20.4 Å². The first-order valence-electron chi connectivity index (χ1n) is 9.87. The van der Waals surface area contributed by atoms with Gasteiger partial charge in [0.1, 0.15) is 11.7 Å². The Balaban J connectivity index is 1.63. The third-order valence-corrected chi connectivity index (χ3v) is 6.57. The normalized spacial score (nSPS) is 18.8. The van der Waals surface area contributed by atoms with Crippen molar-refractivity contribution < 1.29 is 0 Å². The van der Waals surface area contributed by atoms with Crippen molar-refractivity contribution in [2.75, 3.05) is 7.05 Å². The number of amidine groups is 1. The zero-order valence-corrected chi connectivity index (χ0v) is 17.5. The molecule has 0 bridgehead atoms. The maximum atomic E-state index is 6.13. The Kier molecular flexibility index (Phi) is 4.08. The van der Waals surface area contributed by atoms with Gasteiger partial charge >= 0.3 is 0 Å². The molecule has 2 aromatic heterocycles. The number of nitrogens with zero attached hydrogens (tertiary/aromatic N) is 5. The van der Waals surface area contributed by atoms with Crippen molar-refractivity contribution in [1.82, 2.24) is 30.7 Å². The number of rotatable bonds is 4. The van der Waals surface area contributed by atoms with Crippen molar-refractivity contribution in [2.24, 2.45) is 5.10 Å². The van der Waals surface area contributed by atoms with Crippen molar-refractivity contribution in [3.63, 3.8) is 0 Å². The highest BCUT2D eigenvalue weighted by atomic mass is 35.5. The molecule has 0 atom stereocenters. The van der Waals surface area contributed by atoms with E-state index in [-0.39, 0.29) is 10.8 Å². The van der Waals surface area contributed by atoms with Crippen LogP contribution in [0.25, 0.3) is 5.65 Å². The van der Waals surface area contributed by atoms with Crippen molar-refractivity contribution in [1.29, 1.82) is 0 Å². The summed E-state index contributed by atoms with van der Waals surface area (Å²) in [5.74, 6) is 1.84. The van der Waals surface area contributed by atoms with E-state index in [4.69, 9.17) is 16.7 Å². The number of hydrazine groups is 2. The SMILES string of the molecule is CN1NN=C(C(C)(C)c2cccn3c(C4(c5ccc(Cl)cc5)CCC4)nnc23)N1. The number of hydrazone groups is 1. The minimum absolute atomic E-state index is 0.113. The Morgan fingerprint density at radius 2 is 1.86 bits per heavy atom. The molecule has 0 spiro atoms. The third-order valence-electron chi connectivity index (χ3n) is 6.32. The van der Waals surface area contributed by atoms with Gasteiger partial charge in [0.15, 0.2) is 5.65 Å². The molecule has 1 saturated carbocycles. The number of hydrogen-bond donors (Lipinski definition) is 2. The molecule has 5 rings (SSSR count). The molecule has 0 amide bonds.